The zero-order valence-corrected chi connectivity index (χ0v) is 8.84. The van der Waals surface area contributed by atoms with E-state index in [-0.39, 0.29) is 0 Å². The molecule has 2 aromatic rings. The molecule has 0 saturated heterocycles. The van der Waals surface area contributed by atoms with Gasteiger partial charge >= 0.3 is 0 Å². The SMILES string of the molecule is Cc1cnccc1-c1csc(CN)c1. The third kappa shape index (κ3) is 1.69. The van der Waals surface area contributed by atoms with Gasteiger partial charge in [-0.15, -0.1) is 11.3 Å². The minimum absolute atomic E-state index is 0.620. The first kappa shape index (κ1) is 9.37. The van der Waals surface area contributed by atoms with Crippen LogP contribution in [0.1, 0.15) is 10.4 Å². The van der Waals surface area contributed by atoms with E-state index in [4.69, 9.17) is 5.73 Å². The van der Waals surface area contributed by atoms with Crippen molar-refractivity contribution in [3.8, 4) is 11.1 Å². The Balaban J connectivity index is 2.44. The molecule has 2 N–H and O–H groups in total. The van der Waals surface area contributed by atoms with Gasteiger partial charge in [-0.05, 0) is 41.1 Å². The monoisotopic (exact) mass is 204 g/mol. The van der Waals surface area contributed by atoms with E-state index < -0.39 is 0 Å². The number of hydrogen-bond donors (Lipinski definition) is 1. The van der Waals surface area contributed by atoms with Gasteiger partial charge in [0.15, 0.2) is 0 Å². The van der Waals surface area contributed by atoms with E-state index in [1.807, 2.05) is 18.5 Å². The summed E-state index contributed by atoms with van der Waals surface area (Å²) in [5, 5.41) is 2.14. The van der Waals surface area contributed by atoms with Crippen molar-refractivity contribution < 1.29 is 0 Å². The largest absolute Gasteiger partial charge is 0.326 e. The van der Waals surface area contributed by atoms with E-state index in [2.05, 4.69) is 23.4 Å². The number of aromatic nitrogens is 1. The Morgan fingerprint density at radius 1 is 1.50 bits per heavy atom. The molecule has 14 heavy (non-hydrogen) atoms. The Bertz CT molecular complexity index is 434. The molecule has 0 atom stereocenters. The van der Waals surface area contributed by atoms with Gasteiger partial charge in [-0.3, -0.25) is 4.98 Å². The zero-order valence-electron chi connectivity index (χ0n) is 8.03. The molecule has 0 aliphatic carbocycles. The molecule has 0 aromatic carbocycles. The van der Waals surface area contributed by atoms with Crippen LogP contribution in [-0.4, -0.2) is 4.98 Å². The Morgan fingerprint density at radius 2 is 2.36 bits per heavy atom. The van der Waals surface area contributed by atoms with Gasteiger partial charge in [-0.1, -0.05) is 0 Å². The van der Waals surface area contributed by atoms with Crippen LogP contribution in [-0.2, 0) is 6.54 Å². The molecule has 2 rings (SSSR count). The molecule has 0 unspecified atom stereocenters. The van der Waals surface area contributed by atoms with Crippen molar-refractivity contribution in [3.05, 3.63) is 40.3 Å². The fourth-order valence-corrected chi connectivity index (χ4v) is 2.19. The molecule has 2 aromatic heterocycles. The molecule has 0 bridgehead atoms. The predicted octanol–water partition coefficient (Wildman–Crippen LogP) is 2.58. The third-order valence-corrected chi connectivity index (χ3v) is 3.15. The number of aryl methyl sites for hydroxylation is 1. The standard InChI is InChI=1S/C11H12N2S/c1-8-6-13-3-2-11(8)9-4-10(5-12)14-7-9/h2-4,6-7H,5,12H2,1H3. The second kappa shape index (κ2) is 3.90. The lowest BCUT2D eigenvalue weighted by molar-refractivity contribution is 1.11. The van der Waals surface area contributed by atoms with Crippen molar-refractivity contribution in [2.24, 2.45) is 5.73 Å². The molecule has 72 valence electrons. The van der Waals surface area contributed by atoms with Gasteiger partial charge in [0, 0.05) is 23.8 Å². The van der Waals surface area contributed by atoms with E-state index in [9.17, 15) is 0 Å². The van der Waals surface area contributed by atoms with Crippen LogP contribution < -0.4 is 5.73 Å². The minimum Gasteiger partial charge on any atom is -0.326 e. The van der Waals surface area contributed by atoms with Crippen LogP contribution in [0.2, 0.25) is 0 Å². The van der Waals surface area contributed by atoms with E-state index >= 15 is 0 Å². The summed E-state index contributed by atoms with van der Waals surface area (Å²) in [4.78, 5) is 5.29. The van der Waals surface area contributed by atoms with Crippen LogP contribution in [0, 0.1) is 6.92 Å². The van der Waals surface area contributed by atoms with E-state index in [0.29, 0.717) is 6.54 Å². The summed E-state index contributed by atoms with van der Waals surface area (Å²) in [6, 6.07) is 4.19. The van der Waals surface area contributed by atoms with Crippen LogP contribution in [0.15, 0.2) is 29.9 Å². The summed E-state index contributed by atoms with van der Waals surface area (Å²) in [7, 11) is 0. The summed E-state index contributed by atoms with van der Waals surface area (Å²) in [6.07, 6.45) is 3.71. The van der Waals surface area contributed by atoms with Crippen LogP contribution in [0.5, 0.6) is 0 Å². The molecular formula is C11H12N2S. The fourth-order valence-electron chi connectivity index (χ4n) is 1.43. The third-order valence-electron chi connectivity index (χ3n) is 2.19. The normalized spacial score (nSPS) is 10.4. The number of thiophene rings is 1. The molecule has 2 heterocycles. The Labute approximate surface area is 87.4 Å². The van der Waals surface area contributed by atoms with Crippen molar-refractivity contribution in [3.63, 3.8) is 0 Å². The molecule has 0 amide bonds. The van der Waals surface area contributed by atoms with Gasteiger partial charge in [0.25, 0.3) is 0 Å². The summed E-state index contributed by atoms with van der Waals surface area (Å²) in [5.41, 5.74) is 9.27. The van der Waals surface area contributed by atoms with Crippen LogP contribution in [0.4, 0.5) is 0 Å². The summed E-state index contributed by atoms with van der Waals surface area (Å²) in [5.74, 6) is 0. The van der Waals surface area contributed by atoms with Gasteiger partial charge in [0.05, 0.1) is 0 Å². The van der Waals surface area contributed by atoms with Crippen LogP contribution in [0.25, 0.3) is 11.1 Å². The fraction of sp³-hybridized carbons (Fsp3) is 0.182. The molecule has 3 heteroatoms. The first-order valence-electron chi connectivity index (χ1n) is 4.49. The van der Waals surface area contributed by atoms with Crippen LogP contribution in [0.3, 0.4) is 0 Å². The lowest BCUT2D eigenvalue weighted by Crippen LogP contribution is -1.91. The Morgan fingerprint density at radius 3 is 3.00 bits per heavy atom. The van der Waals surface area contributed by atoms with Crippen molar-refractivity contribution in [1.82, 2.24) is 4.98 Å². The van der Waals surface area contributed by atoms with Gasteiger partial charge in [0.2, 0.25) is 0 Å². The van der Waals surface area contributed by atoms with Gasteiger partial charge in [-0.25, -0.2) is 0 Å². The highest BCUT2D eigenvalue weighted by molar-refractivity contribution is 7.10. The molecule has 0 saturated carbocycles. The van der Waals surface area contributed by atoms with Crippen LogP contribution >= 0.6 is 11.3 Å². The number of hydrogen-bond acceptors (Lipinski definition) is 3. The molecule has 0 spiro atoms. The van der Waals surface area contributed by atoms with Crippen molar-refractivity contribution in [2.75, 3.05) is 0 Å². The Hall–Kier alpha value is -1.19. The molecule has 0 aliphatic heterocycles. The maximum absolute atomic E-state index is 5.58. The highest BCUT2D eigenvalue weighted by atomic mass is 32.1. The topological polar surface area (TPSA) is 38.9 Å². The summed E-state index contributed by atoms with van der Waals surface area (Å²) < 4.78 is 0. The average molecular weight is 204 g/mol. The maximum atomic E-state index is 5.58. The zero-order chi connectivity index (χ0) is 9.97. The molecular weight excluding hydrogens is 192 g/mol. The van der Waals surface area contributed by atoms with Gasteiger partial charge in [-0.2, -0.15) is 0 Å². The number of rotatable bonds is 2. The van der Waals surface area contributed by atoms with E-state index in [1.54, 1.807) is 11.3 Å². The van der Waals surface area contributed by atoms with E-state index in [1.165, 1.54) is 21.6 Å². The van der Waals surface area contributed by atoms with Gasteiger partial charge < -0.3 is 5.73 Å². The highest BCUT2D eigenvalue weighted by Gasteiger charge is 2.03. The Kier molecular flexibility index (Phi) is 2.61. The smallest absolute Gasteiger partial charge is 0.0303 e. The number of nitrogens with two attached hydrogens (primary N) is 1. The first-order valence-corrected chi connectivity index (χ1v) is 5.37. The lowest BCUT2D eigenvalue weighted by Gasteiger charge is -2.00. The van der Waals surface area contributed by atoms with Gasteiger partial charge in [0.1, 0.15) is 0 Å². The lowest BCUT2D eigenvalue weighted by atomic mass is 10.1. The van der Waals surface area contributed by atoms with Crippen molar-refractivity contribution >= 4 is 11.3 Å². The average Bonchev–Trinajstić information content (AvgIpc) is 2.67. The summed E-state index contributed by atoms with van der Waals surface area (Å²) in [6.45, 7) is 2.69. The molecule has 0 radical (unpaired) electrons. The maximum Gasteiger partial charge on any atom is 0.0303 e. The quantitative estimate of drug-likeness (QED) is 0.816. The molecule has 0 aliphatic rings. The number of pyridine rings is 1. The summed E-state index contributed by atoms with van der Waals surface area (Å²) >= 11 is 1.71. The van der Waals surface area contributed by atoms with Crippen molar-refractivity contribution in [1.29, 1.82) is 0 Å². The predicted molar refractivity (Wildman–Crippen MR) is 60.2 cm³/mol. The second-order valence-electron chi connectivity index (χ2n) is 3.20. The highest BCUT2D eigenvalue weighted by Crippen LogP contribution is 2.27. The van der Waals surface area contributed by atoms with E-state index in [0.717, 1.165) is 0 Å². The molecule has 0 fully saturated rings. The first-order chi connectivity index (χ1) is 6.81. The minimum atomic E-state index is 0.620. The second-order valence-corrected chi connectivity index (χ2v) is 4.19. The molecule has 2 nitrogen and oxygen atoms in total. The number of nitrogens with zero attached hydrogens (tertiary/aromatic N) is 1. The van der Waals surface area contributed by atoms with Crippen molar-refractivity contribution in [2.45, 2.75) is 13.5 Å².